The van der Waals surface area contributed by atoms with E-state index in [-0.39, 0.29) is 11.8 Å². The van der Waals surface area contributed by atoms with Crippen molar-refractivity contribution in [3.05, 3.63) is 47.5 Å². The van der Waals surface area contributed by atoms with E-state index in [4.69, 9.17) is 4.98 Å². The van der Waals surface area contributed by atoms with E-state index >= 15 is 0 Å². The molecule has 152 valence electrons. The third kappa shape index (κ3) is 3.81. The van der Waals surface area contributed by atoms with Gasteiger partial charge in [0.2, 0.25) is 11.9 Å². The maximum Gasteiger partial charge on any atom is 0.225 e. The molecule has 0 saturated heterocycles. The highest BCUT2D eigenvalue weighted by Crippen LogP contribution is 2.25. The average Bonchev–Trinajstić information content (AvgIpc) is 3.08. The summed E-state index contributed by atoms with van der Waals surface area (Å²) in [6, 6.07) is 8.01. The largest absolute Gasteiger partial charge is 0.349 e. The number of rotatable bonds is 6. The van der Waals surface area contributed by atoms with Crippen LogP contribution in [0.5, 0.6) is 0 Å². The van der Waals surface area contributed by atoms with Crippen molar-refractivity contribution in [2.45, 2.75) is 39.7 Å². The fraction of sp³-hybridized carbons (Fsp3) is 0.455. The van der Waals surface area contributed by atoms with E-state index < -0.39 is 0 Å². The van der Waals surface area contributed by atoms with Crippen LogP contribution in [0.15, 0.2) is 30.5 Å². The van der Waals surface area contributed by atoms with Gasteiger partial charge in [0.1, 0.15) is 5.82 Å². The molecule has 0 bridgehead atoms. The van der Waals surface area contributed by atoms with E-state index in [9.17, 15) is 4.79 Å². The first-order chi connectivity index (χ1) is 14.1. The molecule has 0 fully saturated rings. The van der Waals surface area contributed by atoms with E-state index in [0.29, 0.717) is 13.0 Å². The maximum atomic E-state index is 12.8. The van der Waals surface area contributed by atoms with Gasteiger partial charge in [-0.3, -0.25) is 4.79 Å². The van der Waals surface area contributed by atoms with Gasteiger partial charge in [0, 0.05) is 37.9 Å². The van der Waals surface area contributed by atoms with Crippen molar-refractivity contribution >= 4 is 22.9 Å². The minimum Gasteiger partial charge on any atom is -0.349 e. The predicted molar refractivity (Wildman–Crippen MR) is 114 cm³/mol. The molecule has 29 heavy (non-hydrogen) atoms. The number of carbonyl (C=O) groups excluding carboxylic acids is 1. The number of carbonyl (C=O) groups is 1. The van der Waals surface area contributed by atoms with Crippen LogP contribution in [0, 0.1) is 5.92 Å². The van der Waals surface area contributed by atoms with Gasteiger partial charge >= 0.3 is 0 Å². The minimum absolute atomic E-state index is 0.0416. The summed E-state index contributed by atoms with van der Waals surface area (Å²) in [7, 11) is 1.98. The van der Waals surface area contributed by atoms with Gasteiger partial charge in [0.05, 0.1) is 17.6 Å². The van der Waals surface area contributed by atoms with Gasteiger partial charge in [0.15, 0.2) is 0 Å². The SMILES string of the molecule is CCN(CC)c1ncc2c(n1)CC[C@H](C(=O)NCc1nc3ccccc3n1C)C2. The molecule has 1 atom stereocenters. The Morgan fingerprint density at radius 2 is 2.03 bits per heavy atom. The van der Waals surface area contributed by atoms with Gasteiger partial charge in [-0.25, -0.2) is 15.0 Å². The number of benzene rings is 1. The van der Waals surface area contributed by atoms with Crippen LogP contribution >= 0.6 is 0 Å². The van der Waals surface area contributed by atoms with E-state index in [2.05, 4.69) is 34.0 Å². The van der Waals surface area contributed by atoms with Crippen LogP contribution in [0.3, 0.4) is 0 Å². The van der Waals surface area contributed by atoms with Crippen LogP contribution in [0.4, 0.5) is 5.95 Å². The molecule has 7 nitrogen and oxygen atoms in total. The molecule has 1 amide bonds. The lowest BCUT2D eigenvalue weighted by molar-refractivity contribution is -0.125. The molecule has 3 aromatic rings. The Morgan fingerprint density at radius 1 is 1.24 bits per heavy atom. The Balaban J connectivity index is 1.41. The summed E-state index contributed by atoms with van der Waals surface area (Å²) in [6.07, 6.45) is 4.23. The molecular weight excluding hydrogens is 364 g/mol. The summed E-state index contributed by atoms with van der Waals surface area (Å²) in [5, 5.41) is 3.08. The van der Waals surface area contributed by atoms with E-state index in [1.165, 1.54) is 0 Å². The molecule has 0 spiro atoms. The highest BCUT2D eigenvalue weighted by Gasteiger charge is 2.26. The third-order valence-corrected chi connectivity index (χ3v) is 5.85. The lowest BCUT2D eigenvalue weighted by Gasteiger charge is -2.25. The van der Waals surface area contributed by atoms with Crippen LogP contribution in [0.1, 0.15) is 37.4 Å². The molecule has 0 radical (unpaired) electrons. The Bertz CT molecular complexity index is 1020. The van der Waals surface area contributed by atoms with E-state index in [0.717, 1.165) is 60.0 Å². The summed E-state index contributed by atoms with van der Waals surface area (Å²) in [5.74, 6) is 1.69. The Morgan fingerprint density at radius 3 is 2.79 bits per heavy atom. The van der Waals surface area contributed by atoms with Gasteiger partial charge in [-0.1, -0.05) is 12.1 Å². The number of imidazole rings is 1. The van der Waals surface area contributed by atoms with Crippen molar-refractivity contribution in [1.29, 1.82) is 0 Å². The molecule has 7 heteroatoms. The van der Waals surface area contributed by atoms with Gasteiger partial charge in [0.25, 0.3) is 0 Å². The van der Waals surface area contributed by atoms with Gasteiger partial charge < -0.3 is 14.8 Å². The second-order valence-corrected chi connectivity index (χ2v) is 7.55. The number of nitrogens with one attached hydrogen (secondary N) is 1. The van der Waals surface area contributed by atoms with Crippen LogP contribution in [-0.2, 0) is 31.2 Å². The number of anilines is 1. The highest BCUT2D eigenvalue weighted by atomic mass is 16.1. The first-order valence-corrected chi connectivity index (χ1v) is 10.4. The van der Waals surface area contributed by atoms with Crippen LogP contribution < -0.4 is 10.2 Å². The third-order valence-electron chi connectivity index (χ3n) is 5.85. The number of amides is 1. The van der Waals surface area contributed by atoms with Gasteiger partial charge in [-0.05, 0) is 50.8 Å². The molecule has 2 aromatic heterocycles. The Hall–Kier alpha value is -2.96. The number of hydrogen-bond donors (Lipinski definition) is 1. The molecular formula is C22H28N6O. The number of aromatic nitrogens is 4. The summed E-state index contributed by atoms with van der Waals surface area (Å²) >= 11 is 0. The van der Waals surface area contributed by atoms with Crippen molar-refractivity contribution in [1.82, 2.24) is 24.8 Å². The number of fused-ring (bicyclic) bond motifs is 2. The zero-order valence-corrected chi connectivity index (χ0v) is 17.4. The van der Waals surface area contributed by atoms with Crippen LogP contribution in [-0.4, -0.2) is 38.5 Å². The molecule has 1 N–H and O–H groups in total. The Kier molecular flexibility index (Phi) is 5.47. The molecule has 0 unspecified atom stereocenters. The molecule has 0 aliphatic heterocycles. The summed E-state index contributed by atoms with van der Waals surface area (Å²) in [4.78, 5) is 28.8. The quantitative estimate of drug-likeness (QED) is 0.698. The molecule has 2 heterocycles. The average molecular weight is 393 g/mol. The van der Waals surface area contributed by atoms with Crippen LogP contribution in [0.25, 0.3) is 11.0 Å². The molecule has 1 aliphatic carbocycles. The van der Waals surface area contributed by atoms with Gasteiger partial charge in [-0.15, -0.1) is 0 Å². The number of nitrogens with zero attached hydrogens (tertiary/aromatic N) is 5. The van der Waals surface area contributed by atoms with Crippen molar-refractivity contribution in [2.24, 2.45) is 13.0 Å². The second kappa shape index (κ2) is 8.19. The highest BCUT2D eigenvalue weighted by molar-refractivity contribution is 5.79. The number of hydrogen-bond acceptors (Lipinski definition) is 5. The summed E-state index contributed by atoms with van der Waals surface area (Å²) in [6.45, 7) is 6.43. The summed E-state index contributed by atoms with van der Waals surface area (Å²) < 4.78 is 2.04. The molecule has 4 rings (SSSR count). The van der Waals surface area contributed by atoms with E-state index in [1.807, 2.05) is 42.1 Å². The fourth-order valence-corrected chi connectivity index (χ4v) is 4.04. The molecule has 0 saturated carbocycles. The molecule has 1 aromatic carbocycles. The lowest BCUT2D eigenvalue weighted by atomic mass is 9.86. The number of aryl methyl sites for hydroxylation is 2. The van der Waals surface area contributed by atoms with Crippen LogP contribution in [0.2, 0.25) is 0 Å². The zero-order chi connectivity index (χ0) is 20.4. The lowest BCUT2D eigenvalue weighted by Crippen LogP contribution is -2.35. The maximum absolute atomic E-state index is 12.8. The standard InChI is InChI=1S/C22H28N6O/c1-4-28(5-2)22-24-13-16-12-15(10-11-17(16)26-22)21(29)23-14-20-25-18-8-6-7-9-19(18)27(20)3/h6-9,13,15H,4-5,10-12,14H2,1-3H3,(H,23,29)/t15-/m0/s1. The molecule has 1 aliphatic rings. The number of para-hydroxylation sites is 2. The topological polar surface area (TPSA) is 75.9 Å². The minimum atomic E-state index is -0.0416. The van der Waals surface area contributed by atoms with Crippen molar-refractivity contribution < 1.29 is 4.79 Å². The monoisotopic (exact) mass is 392 g/mol. The van der Waals surface area contributed by atoms with Gasteiger partial charge in [-0.2, -0.15) is 0 Å². The fourth-order valence-electron chi connectivity index (χ4n) is 4.04. The second-order valence-electron chi connectivity index (χ2n) is 7.55. The zero-order valence-electron chi connectivity index (χ0n) is 17.4. The summed E-state index contributed by atoms with van der Waals surface area (Å²) in [5.41, 5.74) is 4.20. The van der Waals surface area contributed by atoms with Crippen molar-refractivity contribution in [3.63, 3.8) is 0 Å². The van der Waals surface area contributed by atoms with E-state index in [1.54, 1.807) is 0 Å². The van der Waals surface area contributed by atoms with Crippen molar-refractivity contribution in [3.8, 4) is 0 Å². The van der Waals surface area contributed by atoms with Crippen molar-refractivity contribution in [2.75, 3.05) is 18.0 Å². The normalized spacial score (nSPS) is 15.9. The smallest absolute Gasteiger partial charge is 0.225 e. The first-order valence-electron chi connectivity index (χ1n) is 10.4. The predicted octanol–water partition coefficient (Wildman–Crippen LogP) is 2.63. The first kappa shape index (κ1) is 19.4. The Labute approximate surface area is 171 Å².